The first-order chi connectivity index (χ1) is 6.34. The molecule has 13 heavy (non-hydrogen) atoms. The topological polar surface area (TPSA) is 15.6 Å². The van der Waals surface area contributed by atoms with Crippen LogP contribution in [-0.4, -0.2) is 18.3 Å². The number of hydrogen-bond donors (Lipinski definition) is 0. The zero-order valence-corrected chi connectivity index (χ0v) is 8.79. The number of thioether (sulfide) groups is 1. The van der Waals surface area contributed by atoms with Crippen molar-refractivity contribution in [3.63, 3.8) is 0 Å². The number of nitrogens with zero attached hydrogens (tertiary/aromatic N) is 2. The summed E-state index contributed by atoms with van der Waals surface area (Å²) in [5.41, 5.74) is 2.97. The molecule has 0 aliphatic carbocycles. The van der Waals surface area contributed by atoms with Gasteiger partial charge in [-0.1, -0.05) is 25.1 Å². The molecule has 0 saturated carbocycles. The van der Waals surface area contributed by atoms with E-state index in [9.17, 15) is 0 Å². The fourth-order valence-corrected chi connectivity index (χ4v) is 1.25. The number of anilines is 1. The van der Waals surface area contributed by atoms with E-state index < -0.39 is 0 Å². The average molecular weight is 194 g/mol. The lowest BCUT2D eigenvalue weighted by Crippen LogP contribution is -2.07. The highest BCUT2D eigenvalue weighted by Gasteiger charge is 1.93. The summed E-state index contributed by atoms with van der Waals surface area (Å²) < 4.78 is 0. The van der Waals surface area contributed by atoms with Crippen LogP contribution in [0.1, 0.15) is 6.92 Å². The monoisotopic (exact) mass is 194 g/mol. The van der Waals surface area contributed by atoms with Gasteiger partial charge in [-0.05, 0) is 17.9 Å². The van der Waals surface area contributed by atoms with Crippen LogP contribution in [0.5, 0.6) is 0 Å². The molecular formula is C10H14N2S. The normalized spacial score (nSPS) is 10.6. The molecule has 0 saturated heterocycles. The molecule has 0 aliphatic rings. The van der Waals surface area contributed by atoms with Gasteiger partial charge < -0.3 is 0 Å². The summed E-state index contributed by atoms with van der Waals surface area (Å²) in [6.45, 7) is 2.11. The third-order valence-electron chi connectivity index (χ3n) is 1.59. The van der Waals surface area contributed by atoms with Gasteiger partial charge in [0, 0.05) is 7.05 Å². The van der Waals surface area contributed by atoms with Gasteiger partial charge in [0.05, 0.1) is 11.2 Å². The third kappa shape index (κ3) is 3.51. The number of hydrogen-bond acceptors (Lipinski definition) is 3. The lowest BCUT2D eigenvalue weighted by atomic mass is 10.3. The van der Waals surface area contributed by atoms with Crippen LogP contribution in [0, 0.1) is 0 Å². The SMILES string of the molecule is CCSC=NN(C)c1ccccc1. The van der Waals surface area contributed by atoms with Gasteiger partial charge in [0.1, 0.15) is 0 Å². The first-order valence-corrected chi connectivity index (χ1v) is 5.32. The van der Waals surface area contributed by atoms with Crippen LogP contribution in [0.4, 0.5) is 5.69 Å². The largest absolute Gasteiger partial charge is 0.268 e. The van der Waals surface area contributed by atoms with Crippen molar-refractivity contribution in [1.82, 2.24) is 0 Å². The van der Waals surface area contributed by atoms with E-state index in [0.29, 0.717) is 0 Å². The van der Waals surface area contributed by atoms with Crippen LogP contribution in [0.25, 0.3) is 0 Å². The van der Waals surface area contributed by atoms with Crippen LogP contribution in [0.3, 0.4) is 0 Å². The zero-order valence-electron chi connectivity index (χ0n) is 7.97. The van der Waals surface area contributed by atoms with Gasteiger partial charge in [-0.15, -0.1) is 11.8 Å². The van der Waals surface area contributed by atoms with Crippen molar-refractivity contribution in [2.24, 2.45) is 5.10 Å². The highest BCUT2D eigenvalue weighted by Crippen LogP contribution is 2.11. The van der Waals surface area contributed by atoms with Gasteiger partial charge >= 0.3 is 0 Å². The van der Waals surface area contributed by atoms with Gasteiger partial charge in [-0.2, -0.15) is 5.10 Å². The van der Waals surface area contributed by atoms with Crippen molar-refractivity contribution in [3.8, 4) is 0 Å². The molecule has 0 aliphatic heterocycles. The molecule has 0 fully saturated rings. The van der Waals surface area contributed by atoms with E-state index in [2.05, 4.69) is 12.0 Å². The molecule has 0 atom stereocenters. The molecular weight excluding hydrogens is 180 g/mol. The molecule has 3 heteroatoms. The van der Waals surface area contributed by atoms with Gasteiger partial charge in [0.25, 0.3) is 0 Å². The maximum Gasteiger partial charge on any atom is 0.0803 e. The van der Waals surface area contributed by atoms with Gasteiger partial charge in [0.2, 0.25) is 0 Å². The van der Waals surface area contributed by atoms with Crippen molar-refractivity contribution in [1.29, 1.82) is 0 Å². The second kappa shape index (κ2) is 5.65. The molecule has 1 rings (SSSR count). The fraction of sp³-hybridized carbons (Fsp3) is 0.300. The van der Waals surface area contributed by atoms with E-state index in [0.717, 1.165) is 11.4 Å². The average Bonchev–Trinajstić information content (AvgIpc) is 2.19. The van der Waals surface area contributed by atoms with Crippen molar-refractivity contribution in [2.45, 2.75) is 6.92 Å². The summed E-state index contributed by atoms with van der Waals surface area (Å²) in [5, 5.41) is 6.12. The third-order valence-corrected chi connectivity index (χ3v) is 2.17. The van der Waals surface area contributed by atoms with Crippen LogP contribution in [-0.2, 0) is 0 Å². The van der Waals surface area contributed by atoms with Crippen molar-refractivity contribution in [3.05, 3.63) is 30.3 Å². The number of benzene rings is 1. The zero-order chi connectivity index (χ0) is 9.52. The Morgan fingerprint density at radius 2 is 2.08 bits per heavy atom. The maximum atomic E-state index is 4.26. The molecule has 0 N–H and O–H groups in total. The predicted molar refractivity (Wildman–Crippen MR) is 61.5 cm³/mol. The Morgan fingerprint density at radius 1 is 1.38 bits per heavy atom. The summed E-state index contributed by atoms with van der Waals surface area (Å²) in [7, 11) is 1.95. The smallest absolute Gasteiger partial charge is 0.0803 e. The van der Waals surface area contributed by atoms with E-state index >= 15 is 0 Å². The molecule has 0 unspecified atom stereocenters. The van der Waals surface area contributed by atoms with E-state index in [4.69, 9.17) is 0 Å². The quantitative estimate of drug-likeness (QED) is 0.416. The molecule has 0 amide bonds. The van der Waals surface area contributed by atoms with Gasteiger partial charge in [-0.25, -0.2) is 0 Å². The summed E-state index contributed by atoms with van der Waals surface area (Å²) in [4.78, 5) is 0. The molecule has 2 nitrogen and oxygen atoms in total. The second-order valence-corrected chi connectivity index (χ2v) is 3.66. The van der Waals surface area contributed by atoms with E-state index in [-0.39, 0.29) is 0 Å². The molecule has 1 aromatic rings. The Morgan fingerprint density at radius 3 is 2.69 bits per heavy atom. The minimum Gasteiger partial charge on any atom is -0.268 e. The lowest BCUT2D eigenvalue weighted by molar-refractivity contribution is 1.03. The maximum absolute atomic E-state index is 4.26. The standard InChI is InChI=1S/C10H14N2S/c1-3-13-9-11-12(2)10-7-5-4-6-8-10/h4-9H,3H2,1-2H3. The van der Waals surface area contributed by atoms with E-state index in [1.54, 1.807) is 11.8 Å². The van der Waals surface area contributed by atoms with Crippen molar-refractivity contribution < 1.29 is 0 Å². The van der Waals surface area contributed by atoms with Crippen molar-refractivity contribution >= 4 is 23.0 Å². The Labute approximate surface area is 83.6 Å². The summed E-state index contributed by atoms with van der Waals surface area (Å²) in [6, 6.07) is 10.1. The first-order valence-electron chi connectivity index (χ1n) is 4.27. The Balaban J connectivity index is 2.53. The molecule has 0 aromatic heterocycles. The number of rotatable bonds is 4. The minimum atomic E-state index is 1.06. The molecule has 0 radical (unpaired) electrons. The lowest BCUT2D eigenvalue weighted by Gasteiger charge is -2.11. The highest BCUT2D eigenvalue weighted by atomic mass is 32.2. The minimum absolute atomic E-state index is 1.06. The fourth-order valence-electron chi connectivity index (χ4n) is 0.889. The predicted octanol–water partition coefficient (Wildman–Crippen LogP) is 2.82. The van der Waals surface area contributed by atoms with Gasteiger partial charge in [-0.3, -0.25) is 5.01 Å². The number of hydrazone groups is 1. The van der Waals surface area contributed by atoms with Crippen LogP contribution < -0.4 is 5.01 Å². The van der Waals surface area contributed by atoms with Crippen molar-refractivity contribution in [2.75, 3.05) is 17.8 Å². The molecule has 70 valence electrons. The van der Waals surface area contributed by atoms with Gasteiger partial charge in [0.15, 0.2) is 0 Å². The Hall–Kier alpha value is -0.960. The Bertz CT molecular complexity index is 259. The summed E-state index contributed by atoms with van der Waals surface area (Å²) >= 11 is 1.70. The molecule has 0 bridgehead atoms. The van der Waals surface area contributed by atoms with E-state index in [1.165, 1.54) is 0 Å². The van der Waals surface area contributed by atoms with Crippen LogP contribution in [0.15, 0.2) is 35.4 Å². The highest BCUT2D eigenvalue weighted by molar-refractivity contribution is 8.12. The van der Waals surface area contributed by atoms with Crippen LogP contribution >= 0.6 is 11.8 Å². The second-order valence-electron chi connectivity index (χ2n) is 2.54. The van der Waals surface area contributed by atoms with E-state index in [1.807, 2.05) is 47.9 Å². The summed E-state index contributed by atoms with van der Waals surface area (Å²) in [6.07, 6.45) is 0. The number of para-hydroxylation sites is 1. The molecule has 1 aromatic carbocycles. The summed E-state index contributed by atoms with van der Waals surface area (Å²) in [5.74, 6) is 1.06. The first kappa shape index (κ1) is 10.1. The Kier molecular flexibility index (Phi) is 4.40. The van der Waals surface area contributed by atoms with Crippen LogP contribution in [0.2, 0.25) is 0 Å². The molecule has 0 spiro atoms. The molecule has 0 heterocycles.